The van der Waals surface area contributed by atoms with Gasteiger partial charge in [-0.3, -0.25) is 4.79 Å². The van der Waals surface area contributed by atoms with Gasteiger partial charge in [0.1, 0.15) is 13.2 Å². The third-order valence-electron chi connectivity index (χ3n) is 5.08. The van der Waals surface area contributed by atoms with Crippen LogP contribution in [0.5, 0.6) is 0 Å². The Morgan fingerprint density at radius 1 is 0.906 bits per heavy atom. The number of rotatable bonds is 8. The average Bonchev–Trinajstić information content (AvgIpc) is 2.76. The van der Waals surface area contributed by atoms with E-state index in [4.69, 9.17) is 9.16 Å². The third-order valence-corrected chi connectivity index (χ3v) is 6.81. The van der Waals surface area contributed by atoms with E-state index in [0.29, 0.717) is 0 Å². The van der Waals surface area contributed by atoms with Gasteiger partial charge in [-0.2, -0.15) is 0 Å². The first-order valence-electron chi connectivity index (χ1n) is 10.8. The minimum atomic E-state index is -0.693. The lowest BCUT2D eigenvalue weighted by Gasteiger charge is -2.31. The molecule has 0 fully saturated rings. The molecule has 0 radical (unpaired) electrons. The van der Waals surface area contributed by atoms with Gasteiger partial charge in [-0.25, -0.2) is 4.79 Å². The van der Waals surface area contributed by atoms with Gasteiger partial charge in [0.2, 0.25) is 5.91 Å². The standard InChI is InChI=1S/C25H36N2O4Si/c1-24(2,3)32-31-25(4,5)20-13-15-21(16-14-20)27(7)22(28)17-26(6)23(29)30-18-19-11-9-8-10-12-19/h8-16H,17-18,32H2,1-7H3. The van der Waals surface area contributed by atoms with Crippen LogP contribution in [0.25, 0.3) is 0 Å². The molecule has 2 aromatic carbocycles. The highest BCUT2D eigenvalue weighted by atomic mass is 28.2. The number of hydrogen-bond donors (Lipinski definition) is 0. The fourth-order valence-corrected chi connectivity index (χ4v) is 3.87. The fraction of sp³-hybridized carbons (Fsp3) is 0.440. The molecule has 0 saturated carbocycles. The maximum atomic E-state index is 12.7. The van der Waals surface area contributed by atoms with E-state index in [1.165, 1.54) is 4.90 Å². The number of nitrogens with zero attached hydrogens (tertiary/aromatic N) is 2. The summed E-state index contributed by atoms with van der Waals surface area (Å²) in [7, 11) is 2.57. The molecule has 174 valence electrons. The first-order chi connectivity index (χ1) is 14.9. The molecule has 0 saturated heterocycles. The smallest absolute Gasteiger partial charge is 0.410 e. The second kappa shape index (κ2) is 10.8. The molecule has 2 aromatic rings. The van der Waals surface area contributed by atoms with Crippen molar-refractivity contribution in [1.29, 1.82) is 0 Å². The van der Waals surface area contributed by atoms with Crippen molar-refractivity contribution in [1.82, 2.24) is 4.90 Å². The Bertz CT molecular complexity index is 892. The van der Waals surface area contributed by atoms with Crippen molar-refractivity contribution in [2.75, 3.05) is 25.5 Å². The summed E-state index contributed by atoms with van der Waals surface area (Å²) >= 11 is 0. The largest absolute Gasteiger partial charge is 0.445 e. The van der Waals surface area contributed by atoms with Crippen LogP contribution in [-0.2, 0) is 26.2 Å². The minimum Gasteiger partial charge on any atom is -0.445 e. The Balaban J connectivity index is 1.91. The van der Waals surface area contributed by atoms with Crippen LogP contribution in [0, 0.1) is 0 Å². The number of likely N-dealkylation sites (N-methyl/N-ethyl adjacent to an activating group) is 2. The maximum Gasteiger partial charge on any atom is 0.410 e. The van der Waals surface area contributed by atoms with Gasteiger partial charge in [0.15, 0.2) is 9.76 Å². The van der Waals surface area contributed by atoms with E-state index < -0.39 is 15.9 Å². The summed E-state index contributed by atoms with van der Waals surface area (Å²) in [6, 6.07) is 17.2. The molecule has 0 aromatic heterocycles. The van der Waals surface area contributed by atoms with Gasteiger partial charge in [-0.05, 0) is 42.1 Å². The Kier molecular flexibility index (Phi) is 8.63. The number of ether oxygens (including phenoxy) is 1. The molecular formula is C25H36N2O4Si. The normalized spacial score (nSPS) is 12.1. The summed E-state index contributed by atoms with van der Waals surface area (Å²) in [4.78, 5) is 27.7. The van der Waals surface area contributed by atoms with E-state index in [9.17, 15) is 9.59 Å². The molecule has 32 heavy (non-hydrogen) atoms. The predicted octanol–water partition coefficient (Wildman–Crippen LogP) is 4.47. The predicted molar refractivity (Wildman–Crippen MR) is 131 cm³/mol. The van der Waals surface area contributed by atoms with Gasteiger partial charge >= 0.3 is 6.09 Å². The van der Waals surface area contributed by atoms with Gasteiger partial charge in [-0.1, -0.05) is 63.2 Å². The van der Waals surface area contributed by atoms with Crippen molar-refractivity contribution in [3.8, 4) is 0 Å². The highest BCUT2D eigenvalue weighted by molar-refractivity contribution is 6.31. The molecule has 0 atom stereocenters. The molecule has 0 aliphatic heterocycles. The lowest BCUT2D eigenvalue weighted by Crippen LogP contribution is -2.39. The topological polar surface area (TPSA) is 59.1 Å². The second-order valence-electron chi connectivity index (χ2n) is 9.76. The second-order valence-corrected chi connectivity index (χ2v) is 12.5. The van der Waals surface area contributed by atoms with E-state index >= 15 is 0 Å². The van der Waals surface area contributed by atoms with Crippen LogP contribution in [0.4, 0.5) is 10.5 Å². The first-order valence-corrected chi connectivity index (χ1v) is 12.1. The Labute approximate surface area is 194 Å². The van der Waals surface area contributed by atoms with Crippen LogP contribution in [0.3, 0.4) is 0 Å². The summed E-state index contributed by atoms with van der Waals surface area (Å²) in [5.74, 6) is -0.201. The zero-order chi connectivity index (χ0) is 23.9. The van der Waals surface area contributed by atoms with Crippen molar-refractivity contribution in [2.24, 2.45) is 0 Å². The molecule has 0 aliphatic carbocycles. The highest BCUT2D eigenvalue weighted by Gasteiger charge is 2.25. The average molecular weight is 457 g/mol. The zero-order valence-corrected chi connectivity index (χ0v) is 21.8. The fourth-order valence-electron chi connectivity index (χ4n) is 2.91. The Morgan fingerprint density at radius 2 is 1.50 bits per heavy atom. The zero-order valence-electron chi connectivity index (χ0n) is 20.3. The van der Waals surface area contributed by atoms with Crippen LogP contribution in [0.1, 0.15) is 45.7 Å². The van der Waals surface area contributed by atoms with E-state index in [-0.39, 0.29) is 29.7 Å². The van der Waals surface area contributed by atoms with Crippen LogP contribution in [-0.4, -0.2) is 47.3 Å². The molecule has 7 heteroatoms. The number of carbonyl (C=O) groups excluding carboxylic acids is 2. The SMILES string of the molecule is CN(CC(=O)N(C)c1ccc(C(C)(C)O[SiH2]C(C)(C)C)cc1)C(=O)OCc1ccccc1. The van der Waals surface area contributed by atoms with Crippen molar-refractivity contribution >= 4 is 27.5 Å². The minimum absolute atomic E-state index is 0.0718. The first kappa shape index (κ1) is 25.6. The van der Waals surface area contributed by atoms with E-state index in [1.54, 1.807) is 19.0 Å². The van der Waals surface area contributed by atoms with E-state index in [0.717, 1.165) is 16.8 Å². The Hall–Kier alpha value is -2.64. The van der Waals surface area contributed by atoms with Crippen LogP contribution in [0.2, 0.25) is 5.04 Å². The highest BCUT2D eigenvalue weighted by Crippen LogP contribution is 2.30. The molecule has 0 unspecified atom stereocenters. The lowest BCUT2D eigenvalue weighted by molar-refractivity contribution is -0.119. The van der Waals surface area contributed by atoms with Gasteiger partial charge < -0.3 is 19.0 Å². The molecule has 0 bridgehead atoms. The number of benzene rings is 2. The van der Waals surface area contributed by atoms with Gasteiger partial charge in [0.25, 0.3) is 0 Å². The molecule has 2 amide bonds. The molecule has 0 heterocycles. The number of carbonyl (C=O) groups is 2. The summed E-state index contributed by atoms with van der Waals surface area (Å²) in [5.41, 5.74) is 2.35. The van der Waals surface area contributed by atoms with Crippen molar-refractivity contribution in [3.63, 3.8) is 0 Å². The quantitative estimate of drug-likeness (QED) is 0.550. The van der Waals surface area contributed by atoms with Crippen molar-refractivity contribution < 1.29 is 18.8 Å². The summed E-state index contributed by atoms with van der Waals surface area (Å²) in [5, 5.41) is 0.220. The molecule has 0 aliphatic rings. The molecule has 0 N–H and O–H groups in total. The summed E-state index contributed by atoms with van der Waals surface area (Å²) in [6.45, 7) is 10.9. The summed E-state index contributed by atoms with van der Waals surface area (Å²) < 4.78 is 11.5. The van der Waals surface area contributed by atoms with E-state index in [2.05, 4.69) is 34.6 Å². The van der Waals surface area contributed by atoms with Gasteiger partial charge in [0, 0.05) is 19.8 Å². The summed E-state index contributed by atoms with van der Waals surface area (Å²) in [6.07, 6.45) is -0.534. The Morgan fingerprint density at radius 3 is 2.06 bits per heavy atom. The van der Waals surface area contributed by atoms with Crippen molar-refractivity contribution in [3.05, 3.63) is 65.7 Å². The van der Waals surface area contributed by atoms with Crippen LogP contribution < -0.4 is 4.90 Å². The van der Waals surface area contributed by atoms with Gasteiger partial charge in [0.05, 0.1) is 5.60 Å². The molecular weight excluding hydrogens is 420 g/mol. The van der Waals surface area contributed by atoms with Crippen LogP contribution >= 0.6 is 0 Å². The number of hydrogen-bond acceptors (Lipinski definition) is 4. The number of amides is 2. The maximum absolute atomic E-state index is 12.7. The lowest BCUT2D eigenvalue weighted by atomic mass is 9.98. The molecule has 6 nitrogen and oxygen atoms in total. The van der Waals surface area contributed by atoms with Crippen LogP contribution in [0.15, 0.2) is 54.6 Å². The molecule has 2 rings (SSSR count). The molecule has 0 spiro atoms. The third kappa shape index (κ3) is 7.80. The number of anilines is 1. The van der Waals surface area contributed by atoms with Crippen molar-refractivity contribution in [2.45, 2.75) is 51.9 Å². The van der Waals surface area contributed by atoms with E-state index in [1.807, 2.05) is 54.6 Å². The van der Waals surface area contributed by atoms with Gasteiger partial charge in [-0.15, -0.1) is 0 Å². The monoisotopic (exact) mass is 456 g/mol.